The predicted molar refractivity (Wildman–Crippen MR) is 87.2 cm³/mol. The quantitative estimate of drug-likeness (QED) is 0.905. The Morgan fingerprint density at radius 1 is 1.41 bits per heavy atom. The van der Waals surface area contributed by atoms with Crippen molar-refractivity contribution in [1.29, 1.82) is 0 Å². The molecule has 4 nitrogen and oxygen atoms in total. The van der Waals surface area contributed by atoms with E-state index in [1.807, 2.05) is 17.0 Å². The van der Waals surface area contributed by atoms with Crippen LogP contribution in [0.15, 0.2) is 24.3 Å². The fourth-order valence-corrected chi connectivity index (χ4v) is 3.04. The van der Waals surface area contributed by atoms with Crippen LogP contribution in [0.3, 0.4) is 0 Å². The lowest BCUT2D eigenvalue weighted by Gasteiger charge is -2.40. The van der Waals surface area contributed by atoms with Gasteiger partial charge in [-0.2, -0.15) is 0 Å². The van der Waals surface area contributed by atoms with E-state index in [1.165, 1.54) is 0 Å². The average Bonchev–Trinajstić information content (AvgIpc) is 2.56. The second-order valence-corrected chi connectivity index (χ2v) is 6.43. The van der Waals surface area contributed by atoms with Crippen LogP contribution in [0.25, 0.3) is 0 Å². The Balaban J connectivity index is 1.94. The van der Waals surface area contributed by atoms with Crippen molar-refractivity contribution in [2.75, 3.05) is 19.7 Å². The number of carbonyl (C=O) groups excluding carboxylic acids is 1. The van der Waals surface area contributed by atoms with Crippen molar-refractivity contribution < 1.29 is 14.6 Å². The highest BCUT2D eigenvalue weighted by Crippen LogP contribution is 2.34. The van der Waals surface area contributed by atoms with E-state index >= 15 is 0 Å². The Labute approximate surface area is 137 Å². The molecule has 1 N–H and O–H groups in total. The first-order valence-corrected chi connectivity index (χ1v) is 8.20. The number of piperidine rings is 1. The number of hydrogen-bond acceptors (Lipinski definition) is 3. The summed E-state index contributed by atoms with van der Waals surface area (Å²) in [7, 11) is 0. The van der Waals surface area contributed by atoms with Crippen LogP contribution >= 0.6 is 11.6 Å². The largest absolute Gasteiger partial charge is 0.479 e. The topological polar surface area (TPSA) is 49.8 Å². The molecular formula is C17H24ClNO3. The fraction of sp³-hybridized carbons (Fsp3) is 0.588. The number of amides is 1. The summed E-state index contributed by atoms with van der Waals surface area (Å²) < 4.78 is 5.69. The van der Waals surface area contributed by atoms with Gasteiger partial charge in [-0.25, -0.2) is 0 Å². The molecule has 0 aliphatic carbocycles. The van der Waals surface area contributed by atoms with E-state index in [0.29, 0.717) is 23.9 Å². The van der Waals surface area contributed by atoms with Gasteiger partial charge in [0, 0.05) is 19.7 Å². The molecule has 1 aliphatic rings. The minimum atomic E-state index is -0.567. The maximum Gasteiger partial charge on any atom is 0.263 e. The minimum absolute atomic E-state index is 0.0242. The Hall–Kier alpha value is -1.26. The molecule has 0 saturated carbocycles. The van der Waals surface area contributed by atoms with Gasteiger partial charge in [-0.1, -0.05) is 30.7 Å². The van der Waals surface area contributed by atoms with Gasteiger partial charge in [-0.05, 0) is 43.7 Å². The summed E-state index contributed by atoms with van der Waals surface area (Å²) in [5.74, 6) is 0.503. The highest BCUT2D eigenvalue weighted by Gasteiger charge is 2.35. The van der Waals surface area contributed by atoms with Gasteiger partial charge in [-0.3, -0.25) is 4.79 Å². The van der Waals surface area contributed by atoms with Crippen LogP contribution in [-0.2, 0) is 4.79 Å². The molecule has 1 saturated heterocycles. The number of benzene rings is 1. The number of carbonyl (C=O) groups is 1. The average molecular weight is 326 g/mol. The molecule has 0 radical (unpaired) electrons. The van der Waals surface area contributed by atoms with Gasteiger partial charge in [0.25, 0.3) is 5.91 Å². The molecule has 0 bridgehead atoms. The zero-order valence-electron chi connectivity index (χ0n) is 13.2. The number of rotatable bonds is 5. The summed E-state index contributed by atoms with van der Waals surface area (Å²) >= 11 is 6.06. The van der Waals surface area contributed by atoms with Gasteiger partial charge >= 0.3 is 0 Å². The predicted octanol–water partition coefficient (Wildman–Crippen LogP) is 3.12. The number of hydrogen-bond donors (Lipinski definition) is 1. The number of likely N-dealkylation sites (tertiary alicyclic amines) is 1. The second kappa shape index (κ2) is 7.34. The Kier molecular flexibility index (Phi) is 5.70. The summed E-state index contributed by atoms with van der Waals surface area (Å²) in [5.41, 5.74) is -0.0242. The van der Waals surface area contributed by atoms with Gasteiger partial charge in [0.05, 0.1) is 5.02 Å². The second-order valence-electron chi connectivity index (χ2n) is 6.03. The molecule has 1 unspecified atom stereocenters. The monoisotopic (exact) mass is 325 g/mol. The summed E-state index contributed by atoms with van der Waals surface area (Å²) in [4.78, 5) is 14.3. The molecule has 1 aliphatic heterocycles. The van der Waals surface area contributed by atoms with Crippen LogP contribution < -0.4 is 4.74 Å². The lowest BCUT2D eigenvalue weighted by Crippen LogP contribution is -2.48. The highest BCUT2D eigenvalue weighted by molar-refractivity contribution is 6.32. The van der Waals surface area contributed by atoms with Crippen molar-refractivity contribution in [3.05, 3.63) is 29.3 Å². The first-order valence-electron chi connectivity index (χ1n) is 7.82. The summed E-state index contributed by atoms with van der Waals surface area (Å²) in [6, 6.07) is 7.16. The first-order chi connectivity index (χ1) is 10.5. The zero-order chi connectivity index (χ0) is 16.2. The molecule has 0 spiro atoms. The summed E-state index contributed by atoms with van der Waals surface area (Å²) in [6.45, 7) is 5.38. The molecule has 1 aromatic rings. The van der Waals surface area contributed by atoms with Gasteiger partial charge in [0.2, 0.25) is 0 Å². The van der Waals surface area contributed by atoms with Crippen molar-refractivity contribution in [2.45, 2.75) is 39.2 Å². The van der Waals surface area contributed by atoms with Crippen LogP contribution in [0.1, 0.15) is 33.1 Å². The van der Waals surface area contributed by atoms with Crippen LogP contribution in [0.5, 0.6) is 5.75 Å². The van der Waals surface area contributed by atoms with Gasteiger partial charge in [-0.15, -0.1) is 0 Å². The molecule has 1 aromatic carbocycles. The van der Waals surface area contributed by atoms with E-state index in [9.17, 15) is 9.90 Å². The van der Waals surface area contributed by atoms with E-state index in [0.717, 1.165) is 19.3 Å². The summed E-state index contributed by atoms with van der Waals surface area (Å²) in [5, 5.41) is 10.1. The smallest absolute Gasteiger partial charge is 0.263 e. The van der Waals surface area contributed by atoms with Crippen LogP contribution in [0.4, 0.5) is 0 Å². The number of nitrogens with zero attached hydrogens (tertiary/aromatic N) is 1. The summed E-state index contributed by atoms with van der Waals surface area (Å²) in [6.07, 6.45) is 2.05. The maximum atomic E-state index is 12.5. The van der Waals surface area contributed by atoms with Crippen LogP contribution in [0.2, 0.25) is 5.02 Å². The minimum Gasteiger partial charge on any atom is -0.479 e. The molecule has 122 valence electrons. The molecule has 1 atom stereocenters. The third-order valence-corrected chi connectivity index (χ3v) is 5.02. The number of aliphatic hydroxyl groups is 1. The van der Waals surface area contributed by atoms with Crippen LogP contribution in [0, 0.1) is 5.41 Å². The number of para-hydroxylation sites is 1. The van der Waals surface area contributed by atoms with Crippen molar-refractivity contribution >= 4 is 17.5 Å². The highest BCUT2D eigenvalue weighted by atomic mass is 35.5. The van der Waals surface area contributed by atoms with Crippen molar-refractivity contribution in [1.82, 2.24) is 4.90 Å². The third-order valence-electron chi connectivity index (χ3n) is 4.71. The van der Waals surface area contributed by atoms with E-state index in [1.54, 1.807) is 19.1 Å². The normalized spacial score (nSPS) is 18.8. The SMILES string of the molecule is CCC1(CO)CCN(C(=O)C(C)Oc2ccccc2Cl)CC1. The van der Waals surface area contributed by atoms with Gasteiger partial charge < -0.3 is 14.7 Å². The molecule has 5 heteroatoms. The Morgan fingerprint density at radius 3 is 2.59 bits per heavy atom. The fourth-order valence-electron chi connectivity index (χ4n) is 2.86. The standard InChI is InChI=1S/C17H24ClNO3/c1-3-17(12-20)8-10-19(11-9-17)16(21)13(2)22-15-7-5-4-6-14(15)18/h4-7,13,20H,3,8-12H2,1-2H3. The van der Waals surface area contributed by atoms with E-state index in [2.05, 4.69) is 6.92 Å². The lowest BCUT2D eigenvalue weighted by molar-refractivity contribution is -0.140. The number of ether oxygens (including phenoxy) is 1. The van der Waals surface area contributed by atoms with E-state index in [-0.39, 0.29) is 17.9 Å². The van der Waals surface area contributed by atoms with E-state index < -0.39 is 6.10 Å². The Morgan fingerprint density at radius 2 is 2.05 bits per heavy atom. The number of halogens is 1. The zero-order valence-corrected chi connectivity index (χ0v) is 14.0. The molecule has 1 heterocycles. The van der Waals surface area contributed by atoms with Crippen LogP contribution in [-0.4, -0.2) is 41.7 Å². The molecule has 1 amide bonds. The molecular weight excluding hydrogens is 302 g/mol. The van der Waals surface area contributed by atoms with Gasteiger partial charge in [0.15, 0.2) is 6.10 Å². The van der Waals surface area contributed by atoms with Crippen molar-refractivity contribution in [2.24, 2.45) is 5.41 Å². The molecule has 1 fully saturated rings. The molecule has 22 heavy (non-hydrogen) atoms. The van der Waals surface area contributed by atoms with Crippen molar-refractivity contribution in [3.8, 4) is 5.75 Å². The Bertz CT molecular complexity index is 506. The van der Waals surface area contributed by atoms with Crippen molar-refractivity contribution in [3.63, 3.8) is 0 Å². The lowest BCUT2D eigenvalue weighted by atomic mass is 9.77. The molecule has 2 rings (SSSR count). The van der Waals surface area contributed by atoms with E-state index in [4.69, 9.17) is 16.3 Å². The third kappa shape index (κ3) is 3.73. The number of aliphatic hydroxyl groups excluding tert-OH is 1. The first kappa shape index (κ1) is 17.1. The maximum absolute atomic E-state index is 12.5. The molecule has 0 aromatic heterocycles. The van der Waals surface area contributed by atoms with Gasteiger partial charge in [0.1, 0.15) is 5.75 Å².